The van der Waals surface area contributed by atoms with Gasteiger partial charge in [-0.2, -0.15) is 0 Å². The first-order chi connectivity index (χ1) is 18.7. The molecule has 4 nitrogen and oxygen atoms in total. The Morgan fingerprint density at radius 2 is 1.46 bits per heavy atom. The fourth-order valence-electron chi connectivity index (χ4n) is 4.75. The van der Waals surface area contributed by atoms with Crippen molar-refractivity contribution in [1.29, 1.82) is 0 Å². The molecule has 0 radical (unpaired) electrons. The maximum absolute atomic E-state index is 12.8. The minimum Gasteiger partial charge on any atom is -0.494 e. The Bertz CT molecular complexity index is 951. The molecule has 0 spiro atoms. The summed E-state index contributed by atoms with van der Waals surface area (Å²) in [6.45, 7) is 3.87. The van der Waals surface area contributed by atoms with Gasteiger partial charge in [-0.15, -0.1) is 28.7 Å². The molecule has 0 saturated heterocycles. The van der Waals surface area contributed by atoms with E-state index >= 15 is 0 Å². The van der Waals surface area contributed by atoms with Gasteiger partial charge in [0, 0.05) is 24.0 Å². The predicted octanol–water partition coefficient (Wildman–Crippen LogP) is 10.4. The number of benzene rings is 2. The van der Waals surface area contributed by atoms with Crippen molar-refractivity contribution < 1.29 is 9.53 Å². The second-order valence-corrected chi connectivity index (χ2v) is 11.3. The Labute approximate surface area is 252 Å². The van der Waals surface area contributed by atoms with E-state index in [2.05, 4.69) is 40.9 Å². The number of hydrogen-bond donors (Lipinski definition) is 1. The monoisotopic (exact) mass is 616 g/mol. The molecule has 0 unspecified atom stereocenters. The second kappa shape index (κ2) is 20.9. The lowest BCUT2D eigenvalue weighted by molar-refractivity contribution is 0.102. The van der Waals surface area contributed by atoms with Crippen molar-refractivity contribution in [3.63, 3.8) is 0 Å². The predicted molar refractivity (Wildman–Crippen MR) is 174 cm³/mol. The van der Waals surface area contributed by atoms with Crippen molar-refractivity contribution in [2.75, 3.05) is 17.8 Å². The van der Waals surface area contributed by atoms with E-state index in [1.807, 2.05) is 36.4 Å². The zero-order valence-electron chi connectivity index (χ0n) is 23.9. The highest BCUT2D eigenvalue weighted by Gasteiger charge is 2.09. The van der Waals surface area contributed by atoms with E-state index in [1.165, 1.54) is 89.0 Å². The van der Waals surface area contributed by atoms with Gasteiger partial charge in [-0.1, -0.05) is 109 Å². The van der Waals surface area contributed by atoms with Gasteiger partial charge in [0.25, 0.3) is 5.91 Å². The lowest BCUT2D eigenvalue weighted by atomic mass is 10.0. The highest BCUT2D eigenvalue weighted by atomic mass is 79.9. The summed E-state index contributed by atoms with van der Waals surface area (Å²) < 4.78 is 5.94. The van der Waals surface area contributed by atoms with Crippen LogP contribution < -0.4 is 10.1 Å². The minimum absolute atomic E-state index is 0. The van der Waals surface area contributed by atoms with Crippen LogP contribution in [0.2, 0.25) is 0 Å². The van der Waals surface area contributed by atoms with Gasteiger partial charge in [0.05, 0.1) is 12.5 Å². The number of rotatable bonds is 20. The van der Waals surface area contributed by atoms with Crippen LogP contribution in [-0.2, 0) is 6.54 Å². The zero-order chi connectivity index (χ0) is 26.7. The highest BCUT2D eigenvalue weighted by molar-refractivity contribution is 8.93. The van der Waals surface area contributed by atoms with Crippen LogP contribution in [0.1, 0.15) is 113 Å². The molecule has 0 aromatic heterocycles. The van der Waals surface area contributed by atoms with E-state index in [0.717, 1.165) is 30.3 Å². The number of thioether (sulfide) groups is 1. The summed E-state index contributed by atoms with van der Waals surface area (Å²) in [4.78, 5) is 15.0. The number of nitrogens with zero attached hydrogens (tertiary/aromatic N) is 1. The van der Waals surface area contributed by atoms with Gasteiger partial charge in [-0.05, 0) is 47.7 Å². The number of hydrogen-bond acceptors (Lipinski definition) is 4. The van der Waals surface area contributed by atoms with E-state index in [9.17, 15) is 4.79 Å². The summed E-state index contributed by atoms with van der Waals surface area (Å²) in [5, 5.41) is 5.12. The van der Waals surface area contributed by atoms with E-state index < -0.39 is 0 Å². The summed E-state index contributed by atoms with van der Waals surface area (Å²) in [5.74, 6) is 1.65. The average molecular weight is 618 g/mol. The summed E-state index contributed by atoms with van der Waals surface area (Å²) in [5.41, 5.74) is 2.65. The third-order valence-electron chi connectivity index (χ3n) is 7.07. The fraction of sp³-hybridized carbons (Fsp3) is 0.545. The molecule has 2 aromatic rings. The van der Waals surface area contributed by atoms with Crippen molar-refractivity contribution in [3.8, 4) is 5.75 Å². The number of nitrogens with one attached hydrogen (secondary N) is 1. The van der Waals surface area contributed by atoms with Crippen LogP contribution >= 0.6 is 28.7 Å². The third-order valence-corrected chi connectivity index (χ3v) is 7.86. The molecule has 0 atom stereocenters. The van der Waals surface area contributed by atoms with Crippen LogP contribution in [0.4, 0.5) is 5.69 Å². The van der Waals surface area contributed by atoms with E-state index in [0.29, 0.717) is 12.2 Å². The molecule has 2 aromatic carbocycles. The van der Waals surface area contributed by atoms with Gasteiger partial charge < -0.3 is 15.0 Å². The van der Waals surface area contributed by atoms with Gasteiger partial charge in [-0.25, -0.2) is 0 Å². The second-order valence-electron chi connectivity index (χ2n) is 10.5. The molecule has 39 heavy (non-hydrogen) atoms. The molecule has 1 aliphatic rings. The SMILES string of the molecule is Br.CCCCCCCCCCCCCCCCOc1cccc(C(=O)Nc2ccc(CN3C=CSC3)cc2)c1. The van der Waals surface area contributed by atoms with E-state index in [-0.39, 0.29) is 22.9 Å². The topological polar surface area (TPSA) is 41.6 Å². The normalized spacial score (nSPS) is 12.4. The molecule has 3 rings (SSSR count). The van der Waals surface area contributed by atoms with Crippen molar-refractivity contribution in [1.82, 2.24) is 4.90 Å². The number of carbonyl (C=O) groups excluding carboxylic acids is 1. The molecule has 0 bridgehead atoms. The zero-order valence-corrected chi connectivity index (χ0v) is 26.4. The van der Waals surface area contributed by atoms with E-state index in [4.69, 9.17) is 4.74 Å². The first-order valence-corrected chi connectivity index (χ1v) is 15.9. The molecule has 0 saturated carbocycles. The van der Waals surface area contributed by atoms with Crippen LogP contribution in [0.5, 0.6) is 5.75 Å². The van der Waals surface area contributed by atoms with Crippen LogP contribution in [0, 0.1) is 0 Å². The molecule has 6 heteroatoms. The summed E-state index contributed by atoms with van der Waals surface area (Å²) in [7, 11) is 0. The van der Waals surface area contributed by atoms with Crippen molar-refractivity contribution in [2.45, 2.75) is 103 Å². The summed E-state index contributed by atoms with van der Waals surface area (Å²) >= 11 is 1.80. The highest BCUT2D eigenvalue weighted by Crippen LogP contribution is 2.20. The molecule has 0 aliphatic carbocycles. The molecular weight excluding hydrogens is 568 g/mol. The van der Waals surface area contributed by atoms with Crippen molar-refractivity contribution >= 4 is 40.3 Å². The van der Waals surface area contributed by atoms with Crippen LogP contribution in [0.3, 0.4) is 0 Å². The van der Waals surface area contributed by atoms with Crippen molar-refractivity contribution in [2.24, 2.45) is 0 Å². The van der Waals surface area contributed by atoms with E-state index in [1.54, 1.807) is 11.8 Å². The lowest BCUT2D eigenvalue weighted by Gasteiger charge is -2.15. The van der Waals surface area contributed by atoms with Crippen LogP contribution in [-0.4, -0.2) is 23.3 Å². The van der Waals surface area contributed by atoms with Crippen LogP contribution in [0.25, 0.3) is 0 Å². The fourth-order valence-corrected chi connectivity index (χ4v) is 5.47. The van der Waals surface area contributed by atoms with Gasteiger partial charge in [0.1, 0.15) is 5.75 Å². The average Bonchev–Trinajstić information content (AvgIpc) is 3.45. The number of ether oxygens (including phenoxy) is 1. The number of halogens is 1. The minimum atomic E-state index is -0.112. The van der Waals surface area contributed by atoms with Gasteiger partial charge in [-0.3, -0.25) is 4.79 Å². The first-order valence-electron chi connectivity index (χ1n) is 14.9. The van der Waals surface area contributed by atoms with Crippen LogP contribution in [0.15, 0.2) is 60.1 Å². The lowest BCUT2D eigenvalue weighted by Crippen LogP contribution is -2.13. The van der Waals surface area contributed by atoms with Gasteiger partial charge in [0.15, 0.2) is 0 Å². The van der Waals surface area contributed by atoms with Crippen molar-refractivity contribution in [3.05, 3.63) is 71.3 Å². The molecule has 1 amide bonds. The Kier molecular flexibility index (Phi) is 17.8. The molecule has 1 aliphatic heterocycles. The molecule has 0 fully saturated rings. The molecule has 1 N–H and O–H groups in total. The third kappa shape index (κ3) is 14.3. The maximum Gasteiger partial charge on any atom is 0.255 e. The Balaban J connectivity index is 0.00000533. The Morgan fingerprint density at radius 1 is 0.846 bits per heavy atom. The number of carbonyl (C=O) groups is 1. The summed E-state index contributed by atoms with van der Waals surface area (Å²) in [6, 6.07) is 15.6. The summed E-state index contributed by atoms with van der Waals surface area (Å²) in [6.07, 6.45) is 21.0. The van der Waals surface area contributed by atoms with Gasteiger partial charge >= 0.3 is 0 Å². The smallest absolute Gasteiger partial charge is 0.255 e. The Hall–Kier alpha value is -1.92. The molecule has 216 valence electrons. The molecular formula is C33H49BrN2O2S. The number of unbranched alkanes of at least 4 members (excludes halogenated alkanes) is 13. The van der Waals surface area contributed by atoms with Gasteiger partial charge in [0.2, 0.25) is 0 Å². The number of amides is 1. The maximum atomic E-state index is 12.8. The molecule has 1 heterocycles. The quantitative estimate of drug-likeness (QED) is 0.150. The standard InChI is InChI=1S/C33H48N2O2S.BrH/c1-2-3-4-5-6-7-8-9-10-11-12-13-14-15-24-37-32-18-16-17-30(26-32)33(36)34-31-21-19-29(20-22-31)27-35-23-25-38-28-35;/h16-23,25-26H,2-15,24,27-28H2,1H3,(H,34,36);1H. The Morgan fingerprint density at radius 3 is 2.05 bits per heavy atom. The first kappa shape index (κ1) is 33.3. The largest absolute Gasteiger partial charge is 0.494 e. The number of anilines is 1.